The van der Waals surface area contributed by atoms with Gasteiger partial charge in [0.1, 0.15) is 28.6 Å². The number of carbonyl (C=O) groups excluding carboxylic acids is 3. The molecule has 4 rings (SSSR count). The van der Waals surface area contributed by atoms with E-state index in [0.29, 0.717) is 66.1 Å². The fraction of sp³-hybridized carbons (Fsp3) is 0.423. The van der Waals surface area contributed by atoms with Crippen LogP contribution in [0.2, 0.25) is 0 Å². The van der Waals surface area contributed by atoms with Crippen molar-refractivity contribution in [3.8, 4) is 11.5 Å². The van der Waals surface area contributed by atoms with Crippen LogP contribution in [-0.4, -0.2) is 30.9 Å². The summed E-state index contributed by atoms with van der Waals surface area (Å²) in [6.45, 7) is 1.82. The van der Waals surface area contributed by atoms with Gasteiger partial charge >= 0.3 is 11.9 Å². The van der Waals surface area contributed by atoms with E-state index in [-0.39, 0.29) is 24.3 Å². The number of Topliss-reactive ketones (excluding diaryl/α,β-unsaturated/α-hetero) is 1. The maximum absolute atomic E-state index is 13.3. The molecule has 0 radical (unpaired) electrons. The molecule has 7 nitrogen and oxygen atoms in total. The Labute approximate surface area is 192 Å². The zero-order valence-corrected chi connectivity index (χ0v) is 18.9. The van der Waals surface area contributed by atoms with Gasteiger partial charge < -0.3 is 18.6 Å². The maximum atomic E-state index is 13.3. The summed E-state index contributed by atoms with van der Waals surface area (Å²) >= 11 is 0. The monoisotopic (exact) mass is 452 g/mol. The average molecular weight is 453 g/mol. The molecule has 0 N–H and O–H groups in total. The second-order valence-corrected chi connectivity index (χ2v) is 8.47. The van der Waals surface area contributed by atoms with Crippen molar-refractivity contribution in [2.75, 3.05) is 7.11 Å². The molecular formula is C26H28O7. The highest BCUT2D eigenvalue weighted by atomic mass is 16.5. The number of rotatable bonds is 2. The number of carbonyl (C=O) groups is 3. The zero-order chi connectivity index (χ0) is 23.4. The number of allylic oxidation sites excluding steroid dienone is 1. The molecule has 1 aromatic carbocycles. The highest BCUT2D eigenvalue weighted by Gasteiger charge is 2.37. The molecule has 2 aromatic rings. The van der Waals surface area contributed by atoms with Gasteiger partial charge in [-0.15, -0.1) is 0 Å². The normalized spacial score (nSPS) is 22.9. The first kappa shape index (κ1) is 22.8. The lowest BCUT2D eigenvalue weighted by Gasteiger charge is -2.27. The average Bonchev–Trinajstić information content (AvgIpc) is 3.31. The largest absolute Gasteiger partial charge is 0.495 e. The van der Waals surface area contributed by atoms with Crippen LogP contribution >= 0.6 is 0 Å². The van der Waals surface area contributed by atoms with Gasteiger partial charge in [0.15, 0.2) is 0 Å². The van der Waals surface area contributed by atoms with Gasteiger partial charge in [0, 0.05) is 18.4 Å². The topological polar surface area (TPSA) is 92.0 Å². The van der Waals surface area contributed by atoms with Crippen molar-refractivity contribution in [3.63, 3.8) is 0 Å². The first-order valence-electron chi connectivity index (χ1n) is 11.4. The minimum absolute atomic E-state index is 0.0744. The molecule has 0 spiro atoms. The Morgan fingerprint density at radius 3 is 2.70 bits per heavy atom. The van der Waals surface area contributed by atoms with Crippen molar-refractivity contribution < 1.29 is 33.0 Å². The van der Waals surface area contributed by atoms with Crippen LogP contribution in [0.4, 0.5) is 0 Å². The molecule has 3 heterocycles. The first-order valence-corrected chi connectivity index (χ1v) is 11.4. The maximum Gasteiger partial charge on any atom is 0.342 e. The summed E-state index contributed by atoms with van der Waals surface area (Å²) in [4.78, 5) is 37.7. The SMILES string of the molecule is COc1c2c(cc3c1C(c1ccco1)CC(=O)O3)/C=C/CCCC(=O)CCC[C@H](C)OC2=O. The molecule has 0 fully saturated rings. The van der Waals surface area contributed by atoms with Crippen molar-refractivity contribution in [1.29, 1.82) is 0 Å². The molecule has 1 aromatic heterocycles. The number of cyclic esters (lactones) is 1. The summed E-state index contributed by atoms with van der Waals surface area (Å²) in [5.74, 6) is 0.140. The van der Waals surface area contributed by atoms with Gasteiger partial charge in [-0.1, -0.05) is 12.2 Å². The molecule has 0 bridgehead atoms. The molecular weight excluding hydrogens is 424 g/mol. The highest BCUT2D eigenvalue weighted by Crippen LogP contribution is 2.47. The molecule has 0 amide bonds. The van der Waals surface area contributed by atoms with Crippen molar-refractivity contribution in [2.45, 2.75) is 63.9 Å². The lowest BCUT2D eigenvalue weighted by molar-refractivity contribution is -0.135. The van der Waals surface area contributed by atoms with E-state index in [9.17, 15) is 14.4 Å². The van der Waals surface area contributed by atoms with Crippen LogP contribution in [0.5, 0.6) is 11.5 Å². The number of fused-ring (bicyclic) bond motifs is 2. The predicted octanol–water partition coefficient (Wildman–Crippen LogP) is 5.21. The van der Waals surface area contributed by atoms with Crippen molar-refractivity contribution in [2.24, 2.45) is 0 Å². The third-order valence-electron chi connectivity index (χ3n) is 6.05. The molecule has 0 saturated heterocycles. The Hall–Kier alpha value is -3.35. The Balaban J connectivity index is 1.84. The lowest BCUT2D eigenvalue weighted by Crippen LogP contribution is -2.24. The van der Waals surface area contributed by atoms with Crippen LogP contribution in [0.25, 0.3) is 6.08 Å². The van der Waals surface area contributed by atoms with Crippen molar-refractivity contribution >= 4 is 23.8 Å². The predicted molar refractivity (Wildman–Crippen MR) is 120 cm³/mol. The Morgan fingerprint density at radius 1 is 1.12 bits per heavy atom. The van der Waals surface area contributed by atoms with Crippen molar-refractivity contribution in [1.82, 2.24) is 0 Å². The van der Waals surface area contributed by atoms with Gasteiger partial charge in [-0.2, -0.15) is 0 Å². The van der Waals surface area contributed by atoms with Gasteiger partial charge in [0.05, 0.1) is 31.8 Å². The van der Waals surface area contributed by atoms with Crippen LogP contribution < -0.4 is 9.47 Å². The molecule has 7 heteroatoms. The van der Waals surface area contributed by atoms with Gasteiger partial charge in [-0.05, 0) is 56.4 Å². The summed E-state index contributed by atoms with van der Waals surface area (Å²) in [6, 6.07) is 5.23. The number of ketones is 1. The van der Waals surface area contributed by atoms with E-state index >= 15 is 0 Å². The molecule has 1 unspecified atom stereocenters. The fourth-order valence-electron chi connectivity index (χ4n) is 4.44. The summed E-state index contributed by atoms with van der Waals surface area (Å²) in [7, 11) is 1.49. The van der Waals surface area contributed by atoms with E-state index in [1.54, 1.807) is 30.5 Å². The third-order valence-corrected chi connectivity index (χ3v) is 6.05. The van der Waals surface area contributed by atoms with Crippen LogP contribution in [0.3, 0.4) is 0 Å². The number of hydrogen-bond acceptors (Lipinski definition) is 7. The molecule has 0 aliphatic carbocycles. The second kappa shape index (κ2) is 10.1. The first-order chi connectivity index (χ1) is 16.0. The molecule has 174 valence electrons. The molecule has 2 aliphatic heterocycles. The molecule has 2 aliphatic rings. The van der Waals surface area contributed by atoms with E-state index in [1.165, 1.54) is 7.11 Å². The summed E-state index contributed by atoms with van der Waals surface area (Å²) in [6.07, 6.45) is 8.69. The third kappa shape index (κ3) is 5.02. The second-order valence-electron chi connectivity index (χ2n) is 8.47. The lowest BCUT2D eigenvalue weighted by atomic mass is 9.86. The Bertz CT molecular complexity index is 1060. The summed E-state index contributed by atoms with van der Waals surface area (Å²) < 4.78 is 22.6. The quantitative estimate of drug-likeness (QED) is 0.456. The zero-order valence-electron chi connectivity index (χ0n) is 18.9. The van der Waals surface area contributed by atoms with E-state index in [2.05, 4.69) is 0 Å². The fourth-order valence-corrected chi connectivity index (χ4v) is 4.44. The molecule has 2 atom stereocenters. The standard InChI is InChI=1S/C26H28O7/c1-16-8-6-11-18(27)10-5-3-4-9-17-14-21-24(25(30-2)23(17)26(29)32-16)19(15-22(28)33-21)20-12-7-13-31-20/h4,7,9,12-14,16,19H,3,5-6,8,10-11,15H2,1-2H3/b9-4+/t16-,19?/m0/s1. The highest BCUT2D eigenvalue weighted by molar-refractivity contribution is 5.99. The van der Waals surface area contributed by atoms with Crippen LogP contribution in [0.1, 0.15) is 85.0 Å². The summed E-state index contributed by atoms with van der Waals surface area (Å²) in [5.41, 5.74) is 1.43. The number of methoxy groups -OCH3 is 1. The minimum atomic E-state index is -0.514. The van der Waals surface area contributed by atoms with Crippen LogP contribution in [0.15, 0.2) is 35.0 Å². The number of furan rings is 1. The van der Waals surface area contributed by atoms with Gasteiger partial charge in [-0.25, -0.2) is 4.79 Å². The Morgan fingerprint density at radius 2 is 1.94 bits per heavy atom. The van der Waals surface area contributed by atoms with E-state index in [0.717, 1.165) is 6.42 Å². The van der Waals surface area contributed by atoms with E-state index in [1.807, 2.05) is 13.0 Å². The van der Waals surface area contributed by atoms with Crippen LogP contribution in [-0.2, 0) is 14.3 Å². The summed E-state index contributed by atoms with van der Waals surface area (Å²) in [5, 5.41) is 0. The van der Waals surface area contributed by atoms with Gasteiger partial charge in [0.2, 0.25) is 0 Å². The molecule has 33 heavy (non-hydrogen) atoms. The van der Waals surface area contributed by atoms with Crippen molar-refractivity contribution in [3.05, 3.63) is 53.0 Å². The molecule has 0 saturated carbocycles. The van der Waals surface area contributed by atoms with Gasteiger partial charge in [0.25, 0.3) is 0 Å². The Kier molecular flexibility index (Phi) is 6.96. The van der Waals surface area contributed by atoms with E-state index < -0.39 is 11.9 Å². The number of hydrogen-bond donors (Lipinski definition) is 0. The van der Waals surface area contributed by atoms with Crippen LogP contribution in [0, 0.1) is 0 Å². The van der Waals surface area contributed by atoms with Gasteiger partial charge in [-0.3, -0.25) is 9.59 Å². The smallest absolute Gasteiger partial charge is 0.342 e. The van der Waals surface area contributed by atoms with E-state index in [4.69, 9.17) is 18.6 Å². The number of benzene rings is 1. The minimum Gasteiger partial charge on any atom is -0.495 e. The number of esters is 2. The number of ether oxygens (including phenoxy) is 3.